The maximum atomic E-state index is 11.5. The maximum absolute atomic E-state index is 11.5. The molecule has 21 heavy (non-hydrogen) atoms. The van der Waals surface area contributed by atoms with Crippen LogP contribution in [0.3, 0.4) is 0 Å². The third-order valence-electron chi connectivity index (χ3n) is 3.24. The van der Waals surface area contributed by atoms with Gasteiger partial charge in [0.2, 0.25) is 0 Å². The molecular weight excluding hydrogens is 272 g/mol. The van der Waals surface area contributed by atoms with E-state index in [9.17, 15) is 9.59 Å². The van der Waals surface area contributed by atoms with E-state index >= 15 is 0 Å². The van der Waals surface area contributed by atoms with E-state index in [0.29, 0.717) is 19.7 Å². The molecule has 0 heterocycles. The van der Waals surface area contributed by atoms with Crippen molar-refractivity contribution >= 4 is 12.0 Å². The minimum atomic E-state index is -0.960. The highest BCUT2D eigenvalue weighted by Crippen LogP contribution is 2.28. The number of hydrogen-bond donors (Lipinski definition) is 3. The molecule has 0 saturated heterocycles. The fourth-order valence-corrected chi connectivity index (χ4v) is 1.78. The Labute approximate surface area is 123 Å². The summed E-state index contributed by atoms with van der Waals surface area (Å²) in [5.74, 6) is -0.231. The molecule has 0 unspecified atom stereocenters. The first-order valence-corrected chi connectivity index (χ1v) is 7.07. The van der Waals surface area contributed by atoms with Gasteiger partial charge in [-0.3, -0.25) is 0 Å². The van der Waals surface area contributed by atoms with Crippen LogP contribution >= 0.6 is 0 Å². The first-order valence-electron chi connectivity index (χ1n) is 7.07. The Balaban J connectivity index is 1.57. The largest absolute Gasteiger partial charge is 0.478 e. The van der Waals surface area contributed by atoms with Gasteiger partial charge in [-0.05, 0) is 36.5 Å². The molecule has 2 rings (SSSR count). The second-order valence-corrected chi connectivity index (χ2v) is 5.13. The molecule has 0 atom stereocenters. The second-order valence-electron chi connectivity index (χ2n) is 5.13. The Morgan fingerprint density at radius 3 is 2.52 bits per heavy atom. The summed E-state index contributed by atoms with van der Waals surface area (Å²) < 4.78 is 5.41. The van der Waals surface area contributed by atoms with Gasteiger partial charge in [0.05, 0.1) is 12.2 Å². The topological polar surface area (TPSA) is 87.7 Å². The van der Waals surface area contributed by atoms with E-state index in [1.807, 2.05) is 0 Å². The summed E-state index contributed by atoms with van der Waals surface area (Å²) in [5, 5.41) is 14.2. The lowest BCUT2D eigenvalue weighted by Crippen LogP contribution is -2.37. The molecule has 6 heteroatoms. The van der Waals surface area contributed by atoms with E-state index in [1.165, 1.54) is 25.0 Å². The van der Waals surface area contributed by atoms with E-state index in [1.54, 1.807) is 12.1 Å². The van der Waals surface area contributed by atoms with Gasteiger partial charge in [0, 0.05) is 19.7 Å². The van der Waals surface area contributed by atoms with Crippen LogP contribution in [0.15, 0.2) is 24.3 Å². The molecule has 1 aromatic carbocycles. The number of urea groups is 1. The number of rotatable bonds is 8. The number of carboxylic acids is 1. The molecule has 1 aliphatic rings. The van der Waals surface area contributed by atoms with Gasteiger partial charge in [-0.2, -0.15) is 0 Å². The predicted octanol–water partition coefficient (Wildman–Crippen LogP) is 1.61. The first kappa shape index (κ1) is 15.3. The monoisotopic (exact) mass is 292 g/mol. The number of carbonyl (C=O) groups excluding carboxylic acids is 1. The van der Waals surface area contributed by atoms with Crippen molar-refractivity contribution in [2.24, 2.45) is 5.92 Å². The molecule has 0 spiro atoms. The summed E-state index contributed by atoms with van der Waals surface area (Å²) in [6.07, 6.45) is 2.52. The number of ether oxygens (including phenoxy) is 1. The summed E-state index contributed by atoms with van der Waals surface area (Å²) in [6.45, 7) is 2.15. The summed E-state index contributed by atoms with van der Waals surface area (Å²) in [5.41, 5.74) is 1.08. The Hall–Kier alpha value is -2.08. The molecule has 0 radical (unpaired) electrons. The van der Waals surface area contributed by atoms with Crippen LogP contribution < -0.4 is 10.6 Å². The van der Waals surface area contributed by atoms with Gasteiger partial charge in [-0.15, -0.1) is 0 Å². The van der Waals surface area contributed by atoms with Gasteiger partial charge in [-0.1, -0.05) is 12.1 Å². The number of hydrogen-bond acceptors (Lipinski definition) is 3. The Morgan fingerprint density at radius 2 is 1.90 bits per heavy atom. The van der Waals surface area contributed by atoms with Gasteiger partial charge in [0.1, 0.15) is 0 Å². The zero-order chi connectivity index (χ0) is 15.1. The van der Waals surface area contributed by atoms with Crippen LogP contribution in [0.5, 0.6) is 0 Å². The van der Waals surface area contributed by atoms with Crippen LogP contribution in [-0.2, 0) is 11.3 Å². The van der Waals surface area contributed by atoms with E-state index in [2.05, 4.69) is 10.6 Å². The zero-order valence-corrected chi connectivity index (χ0v) is 11.8. The number of aromatic carboxylic acids is 1. The third kappa shape index (κ3) is 5.83. The van der Waals surface area contributed by atoms with E-state index in [4.69, 9.17) is 9.84 Å². The normalized spacial score (nSPS) is 13.7. The van der Waals surface area contributed by atoms with Crippen LogP contribution in [0.4, 0.5) is 4.79 Å². The minimum absolute atomic E-state index is 0.232. The minimum Gasteiger partial charge on any atom is -0.478 e. The molecule has 1 aliphatic carbocycles. The molecule has 1 saturated carbocycles. The summed E-state index contributed by atoms with van der Waals surface area (Å²) in [7, 11) is 0. The highest BCUT2D eigenvalue weighted by atomic mass is 16.5. The van der Waals surface area contributed by atoms with E-state index in [-0.39, 0.29) is 11.6 Å². The lowest BCUT2D eigenvalue weighted by molar-refractivity contribution is 0.0697. The Kier molecular flexibility index (Phi) is 5.57. The van der Waals surface area contributed by atoms with Crippen molar-refractivity contribution in [2.45, 2.75) is 19.4 Å². The van der Waals surface area contributed by atoms with Crippen LogP contribution in [-0.4, -0.2) is 36.9 Å². The van der Waals surface area contributed by atoms with Gasteiger partial charge >= 0.3 is 12.0 Å². The molecule has 1 aromatic rings. The number of carbonyl (C=O) groups is 2. The average Bonchev–Trinajstić information content (AvgIpc) is 3.29. The van der Waals surface area contributed by atoms with Crippen molar-refractivity contribution in [3.63, 3.8) is 0 Å². The lowest BCUT2D eigenvalue weighted by atomic mass is 10.1. The number of carboxylic acid groups (broad SMARTS) is 1. The third-order valence-corrected chi connectivity index (χ3v) is 3.24. The van der Waals surface area contributed by atoms with Crippen molar-refractivity contribution in [1.82, 2.24) is 10.6 Å². The van der Waals surface area contributed by atoms with Crippen molar-refractivity contribution < 1.29 is 19.4 Å². The van der Waals surface area contributed by atoms with Crippen molar-refractivity contribution in [1.29, 1.82) is 0 Å². The van der Waals surface area contributed by atoms with Gasteiger partial charge < -0.3 is 20.5 Å². The smallest absolute Gasteiger partial charge is 0.335 e. The quantitative estimate of drug-likeness (QED) is 0.635. The van der Waals surface area contributed by atoms with E-state index in [0.717, 1.165) is 18.1 Å². The fourth-order valence-electron chi connectivity index (χ4n) is 1.78. The molecule has 1 fully saturated rings. The zero-order valence-electron chi connectivity index (χ0n) is 11.8. The van der Waals surface area contributed by atoms with Crippen molar-refractivity contribution in [3.8, 4) is 0 Å². The lowest BCUT2D eigenvalue weighted by Gasteiger charge is -2.08. The van der Waals surface area contributed by atoms with Crippen LogP contribution in [0.25, 0.3) is 0 Å². The fraction of sp³-hybridized carbons (Fsp3) is 0.467. The highest BCUT2D eigenvalue weighted by Gasteiger charge is 2.20. The molecule has 0 aliphatic heterocycles. The van der Waals surface area contributed by atoms with E-state index < -0.39 is 5.97 Å². The van der Waals surface area contributed by atoms with Gasteiger partial charge in [0.25, 0.3) is 0 Å². The maximum Gasteiger partial charge on any atom is 0.335 e. The van der Waals surface area contributed by atoms with Gasteiger partial charge in [0.15, 0.2) is 0 Å². The van der Waals surface area contributed by atoms with Crippen LogP contribution in [0.2, 0.25) is 0 Å². The molecule has 0 bridgehead atoms. The van der Waals surface area contributed by atoms with Crippen molar-refractivity contribution in [3.05, 3.63) is 35.4 Å². The van der Waals surface area contributed by atoms with Crippen molar-refractivity contribution in [2.75, 3.05) is 19.8 Å². The number of benzene rings is 1. The SMILES string of the molecule is O=C(NCCOCC1CC1)NCc1ccc(C(=O)O)cc1. The average molecular weight is 292 g/mol. The Morgan fingerprint density at radius 1 is 1.19 bits per heavy atom. The predicted molar refractivity (Wildman–Crippen MR) is 77.2 cm³/mol. The molecule has 3 N–H and O–H groups in total. The number of amides is 2. The highest BCUT2D eigenvalue weighted by molar-refractivity contribution is 5.87. The van der Waals surface area contributed by atoms with Gasteiger partial charge in [-0.25, -0.2) is 9.59 Å². The summed E-state index contributed by atoms with van der Waals surface area (Å²) >= 11 is 0. The molecule has 6 nitrogen and oxygen atoms in total. The number of nitrogens with one attached hydrogen (secondary N) is 2. The summed E-state index contributed by atoms with van der Waals surface area (Å²) in [4.78, 5) is 22.2. The van der Waals surface area contributed by atoms with Crippen LogP contribution in [0.1, 0.15) is 28.8 Å². The molecule has 2 amide bonds. The van der Waals surface area contributed by atoms with Crippen LogP contribution in [0, 0.1) is 5.92 Å². The molecule has 114 valence electrons. The second kappa shape index (κ2) is 7.64. The molecule has 0 aromatic heterocycles. The standard InChI is InChI=1S/C15H20N2O4/c18-14(19)13-5-3-11(4-6-13)9-17-15(20)16-7-8-21-10-12-1-2-12/h3-6,12H,1-2,7-10H2,(H,18,19)(H2,16,17,20). The first-order chi connectivity index (χ1) is 10.1. The molecular formula is C15H20N2O4. The summed E-state index contributed by atoms with van der Waals surface area (Å²) in [6, 6.07) is 6.14. The Bertz CT molecular complexity index is 483.